The van der Waals surface area contributed by atoms with Crippen LogP contribution in [0, 0.1) is 18.8 Å². The molecule has 3 heterocycles. The second kappa shape index (κ2) is 13.0. The van der Waals surface area contributed by atoms with E-state index in [1.165, 1.54) is 32.1 Å². The lowest BCUT2D eigenvalue weighted by Crippen LogP contribution is -2.42. The molecule has 0 amide bonds. The highest BCUT2D eigenvalue weighted by atomic mass is 16.5. The molecule has 2 aromatic carbocycles. The Morgan fingerprint density at radius 2 is 1.86 bits per heavy atom. The van der Waals surface area contributed by atoms with Crippen LogP contribution < -0.4 is 15.4 Å². The van der Waals surface area contributed by atoms with Crippen molar-refractivity contribution in [1.29, 1.82) is 0 Å². The van der Waals surface area contributed by atoms with Gasteiger partial charge in [0.1, 0.15) is 11.5 Å². The number of nitrogens with one attached hydrogen (secondary N) is 2. The van der Waals surface area contributed by atoms with Crippen molar-refractivity contribution in [3.05, 3.63) is 72.1 Å². The van der Waals surface area contributed by atoms with Crippen LogP contribution in [0.4, 0.5) is 5.95 Å². The molecule has 2 aromatic heterocycles. The zero-order chi connectivity index (χ0) is 28.9. The fourth-order valence-corrected chi connectivity index (χ4v) is 6.58. The Morgan fingerprint density at radius 1 is 0.976 bits per heavy atom. The van der Waals surface area contributed by atoms with E-state index < -0.39 is 0 Å². The van der Waals surface area contributed by atoms with Crippen molar-refractivity contribution in [3.8, 4) is 22.9 Å². The van der Waals surface area contributed by atoms with Crippen LogP contribution in [0.1, 0.15) is 63.0 Å². The normalized spacial score (nSPS) is 19.5. The first-order valence-electron chi connectivity index (χ1n) is 15.5. The predicted molar refractivity (Wildman–Crippen MR) is 168 cm³/mol. The van der Waals surface area contributed by atoms with Crippen LogP contribution in [0.5, 0.6) is 11.6 Å². The van der Waals surface area contributed by atoms with Crippen molar-refractivity contribution in [2.75, 3.05) is 18.4 Å². The van der Waals surface area contributed by atoms with Gasteiger partial charge >= 0.3 is 0 Å². The highest BCUT2D eigenvalue weighted by Gasteiger charge is 2.21. The van der Waals surface area contributed by atoms with Gasteiger partial charge in [0.2, 0.25) is 11.8 Å². The Balaban J connectivity index is 1.25. The number of aryl methyl sites for hydroxylation is 1. The molecule has 7 nitrogen and oxygen atoms in total. The highest BCUT2D eigenvalue weighted by Crippen LogP contribution is 2.38. The third kappa shape index (κ3) is 6.62. The maximum Gasteiger partial charge on any atom is 0.228 e. The summed E-state index contributed by atoms with van der Waals surface area (Å²) in [5.74, 6) is 3.33. The fourth-order valence-electron chi connectivity index (χ4n) is 6.58. The van der Waals surface area contributed by atoms with E-state index in [2.05, 4.69) is 51.8 Å². The van der Waals surface area contributed by atoms with Gasteiger partial charge < -0.3 is 15.4 Å². The average Bonchev–Trinajstić information content (AvgIpc) is 2.99. The molecule has 6 rings (SSSR count). The Morgan fingerprint density at radius 3 is 2.71 bits per heavy atom. The molecule has 4 aromatic rings. The molecule has 7 heteroatoms. The van der Waals surface area contributed by atoms with Crippen molar-refractivity contribution in [2.45, 2.75) is 71.3 Å². The standard InChI is InChI=1S/C35H41N5O2/c1-23-18-27(22-36-21-23)39-35-38-17-15-32(40-35)31-12-7-16-37-34(31)42-33-24(2)13-14-29-26(10-6-11-30(29)33)20-28(41)19-25-8-4-3-5-9-25/h6-7,10-17,23,25,27,36H,3-5,8-9,18-22H2,1-2H3,(H,38,39,40)/t23-,27+/m1/s1. The van der Waals surface area contributed by atoms with Crippen molar-refractivity contribution < 1.29 is 9.53 Å². The van der Waals surface area contributed by atoms with E-state index in [1.807, 2.05) is 31.2 Å². The van der Waals surface area contributed by atoms with Gasteiger partial charge in [-0.1, -0.05) is 69.4 Å². The minimum Gasteiger partial charge on any atom is -0.437 e. The van der Waals surface area contributed by atoms with E-state index in [9.17, 15) is 4.79 Å². The Hall–Kier alpha value is -3.84. The lowest BCUT2D eigenvalue weighted by molar-refractivity contribution is -0.119. The molecule has 42 heavy (non-hydrogen) atoms. The van der Waals surface area contributed by atoms with Gasteiger partial charge in [0.15, 0.2) is 0 Å². The lowest BCUT2D eigenvalue weighted by atomic mass is 9.84. The first-order valence-corrected chi connectivity index (χ1v) is 15.5. The average molecular weight is 564 g/mol. The van der Waals surface area contributed by atoms with Crippen LogP contribution in [0.3, 0.4) is 0 Å². The number of ether oxygens (including phenoxy) is 1. The zero-order valence-electron chi connectivity index (χ0n) is 24.7. The largest absolute Gasteiger partial charge is 0.437 e. The molecule has 0 spiro atoms. The number of carbonyl (C=O) groups excluding carboxylic acids is 1. The van der Waals surface area contributed by atoms with Gasteiger partial charge in [0.25, 0.3) is 0 Å². The number of aromatic nitrogens is 3. The molecule has 218 valence electrons. The Kier molecular flexibility index (Phi) is 8.75. The molecule has 1 aliphatic carbocycles. The smallest absolute Gasteiger partial charge is 0.228 e. The maximum absolute atomic E-state index is 13.1. The van der Waals surface area contributed by atoms with Crippen LogP contribution in [-0.2, 0) is 11.2 Å². The number of ketones is 1. The predicted octanol–water partition coefficient (Wildman–Crippen LogP) is 7.28. The van der Waals surface area contributed by atoms with Crippen LogP contribution >= 0.6 is 0 Å². The monoisotopic (exact) mass is 563 g/mol. The van der Waals surface area contributed by atoms with Crippen molar-refractivity contribution in [2.24, 2.45) is 11.8 Å². The van der Waals surface area contributed by atoms with E-state index in [-0.39, 0.29) is 6.04 Å². The second-order valence-electron chi connectivity index (χ2n) is 12.2. The third-order valence-electron chi connectivity index (χ3n) is 8.73. The summed E-state index contributed by atoms with van der Waals surface area (Å²) in [7, 11) is 0. The number of rotatable bonds is 9. The van der Waals surface area contributed by atoms with E-state index in [0.717, 1.165) is 58.4 Å². The summed E-state index contributed by atoms with van der Waals surface area (Å²) < 4.78 is 6.61. The van der Waals surface area contributed by atoms with Gasteiger partial charge in [-0.2, -0.15) is 0 Å². The molecular formula is C35H41N5O2. The number of pyridine rings is 1. The maximum atomic E-state index is 13.1. The SMILES string of the molecule is Cc1ccc2c(CC(=O)CC3CCCCC3)cccc2c1Oc1ncccc1-c1ccnc(N[C@@H]2CNC[C@H](C)C2)n1. The highest BCUT2D eigenvalue weighted by molar-refractivity contribution is 5.95. The topological polar surface area (TPSA) is 89.0 Å². The van der Waals surface area contributed by atoms with E-state index in [1.54, 1.807) is 12.4 Å². The minimum atomic E-state index is 0.288. The Bertz CT molecular complexity index is 1550. The number of hydrogen-bond donors (Lipinski definition) is 2. The quantitative estimate of drug-likeness (QED) is 0.221. The molecule has 2 aliphatic rings. The summed E-state index contributed by atoms with van der Waals surface area (Å²) >= 11 is 0. The molecule has 1 saturated heterocycles. The van der Waals surface area contributed by atoms with Gasteiger partial charge in [-0.15, -0.1) is 0 Å². The number of Topliss-reactive ketones (excluding diaryl/α,β-unsaturated/α-hetero) is 1. The molecule has 1 saturated carbocycles. The molecular weight excluding hydrogens is 522 g/mol. The van der Waals surface area contributed by atoms with Crippen molar-refractivity contribution in [3.63, 3.8) is 0 Å². The van der Waals surface area contributed by atoms with Crippen LogP contribution in [-0.4, -0.2) is 39.9 Å². The lowest BCUT2D eigenvalue weighted by Gasteiger charge is -2.28. The summed E-state index contributed by atoms with van der Waals surface area (Å²) in [4.78, 5) is 27.0. The number of carbonyl (C=O) groups is 1. The Labute approximate surface area is 248 Å². The number of piperidine rings is 1. The molecule has 2 fully saturated rings. The first kappa shape index (κ1) is 28.3. The molecule has 0 radical (unpaired) electrons. The molecule has 2 N–H and O–H groups in total. The number of benzene rings is 2. The number of fused-ring (bicyclic) bond motifs is 1. The second-order valence-corrected chi connectivity index (χ2v) is 12.2. The molecule has 2 atom stereocenters. The van der Waals surface area contributed by atoms with E-state index >= 15 is 0 Å². The van der Waals surface area contributed by atoms with Gasteiger partial charge in [-0.05, 0) is 66.4 Å². The zero-order valence-corrected chi connectivity index (χ0v) is 24.7. The number of anilines is 1. The summed E-state index contributed by atoms with van der Waals surface area (Å²) in [5, 5.41) is 9.01. The van der Waals surface area contributed by atoms with E-state index in [4.69, 9.17) is 9.72 Å². The van der Waals surface area contributed by atoms with Gasteiger partial charge in [0, 0.05) is 43.2 Å². The van der Waals surface area contributed by atoms with Gasteiger partial charge in [-0.3, -0.25) is 4.79 Å². The minimum absolute atomic E-state index is 0.288. The van der Waals surface area contributed by atoms with Crippen LogP contribution in [0.15, 0.2) is 60.9 Å². The summed E-state index contributed by atoms with van der Waals surface area (Å²) in [6.07, 6.45) is 11.9. The first-order chi connectivity index (χ1) is 20.5. The third-order valence-corrected chi connectivity index (χ3v) is 8.73. The summed E-state index contributed by atoms with van der Waals surface area (Å²) in [6, 6.07) is 16.4. The van der Waals surface area contributed by atoms with Crippen LogP contribution in [0.2, 0.25) is 0 Å². The summed E-state index contributed by atoms with van der Waals surface area (Å²) in [5.41, 5.74) is 3.61. The van der Waals surface area contributed by atoms with Crippen molar-refractivity contribution >= 4 is 22.5 Å². The molecule has 1 aliphatic heterocycles. The van der Waals surface area contributed by atoms with Crippen molar-refractivity contribution in [1.82, 2.24) is 20.3 Å². The number of nitrogens with zero attached hydrogens (tertiary/aromatic N) is 3. The van der Waals surface area contributed by atoms with E-state index in [0.29, 0.717) is 42.3 Å². The fraction of sp³-hybridized carbons (Fsp3) is 0.429. The van der Waals surface area contributed by atoms with Gasteiger partial charge in [-0.25, -0.2) is 15.0 Å². The molecule has 0 unspecified atom stereocenters. The molecule has 0 bridgehead atoms. The summed E-state index contributed by atoms with van der Waals surface area (Å²) in [6.45, 7) is 6.24. The number of hydrogen-bond acceptors (Lipinski definition) is 7. The van der Waals surface area contributed by atoms with Crippen LogP contribution in [0.25, 0.3) is 22.0 Å². The van der Waals surface area contributed by atoms with Gasteiger partial charge in [0.05, 0.1) is 11.3 Å².